The third-order valence-electron chi connectivity index (χ3n) is 2.84. The van der Waals surface area contributed by atoms with E-state index in [-0.39, 0.29) is 11.0 Å². The molecule has 1 aliphatic heterocycles. The van der Waals surface area contributed by atoms with Gasteiger partial charge in [0.1, 0.15) is 6.54 Å². The second-order valence-electron chi connectivity index (χ2n) is 4.18. The average Bonchev–Trinajstić information content (AvgIpc) is 2.74. The fourth-order valence-corrected chi connectivity index (χ4v) is 2.27. The van der Waals surface area contributed by atoms with Crippen molar-refractivity contribution < 1.29 is 4.92 Å². The lowest BCUT2D eigenvalue weighted by Gasteiger charge is -2.07. The summed E-state index contributed by atoms with van der Waals surface area (Å²) in [6, 6.07) is 1.29. The fourth-order valence-electron chi connectivity index (χ4n) is 2.08. The van der Waals surface area contributed by atoms with Gasteiger partial charge in [0.2, 0.25) is 0 Å². The van der Waals surface area contributed by atoms with Crippen LogP contribution in [0.4, 0.5) is 5.82 Å². The fraction of sp³-hybridized carbons (Fsp3) is 0.667. The summed E-state index contributed by atoms with van der Waals surface area (Å²) in [6.07, 6.45) is 1.05. The van der Waals surface area contributed by atoms with Gasteiger partial charge in [-0.3, -0.25) is 0 Å². The molecule has 7 heteroatoms. The lowest BCUT2D eigenvalue weighted by Crippen LogP contribution is -2.18. The topological polar surface area (TPSA) is 64.2 Å². The Kier molecular flexibility index (Phi) is 3.11. The van der Waals surface area contributed by atoms with E-state index in [2.05, 4.69) is 10.00 Å². The quantitative estimate of drug-likeness (QED) is 0.596. The minimum atomic E-state index is -0.447. The van der Waals surface area contributed by atoms with Gasteiger partial charge in [0.05, 0.1) is 6.07 Å². The molecular formula is C9H13ClN4O2. The molecule has 1 atom stereocenters. The summed E-state index contributed by atoms with van der Waals surface area (Å²) >= 11 is 5.68. The second kappa shape index (κ2) is 4.39. The number of hydrogen-bond acceptors (Lipinski definition) is 4. The molecule has 88 valence electrons. The first-order valence-corrected chi connectivity index (χ1v) is 5.50. The van der Waals surface area contributed by atoms with Crippen LogP contribution >= 0.6 is 11.6 Å². The molecule has 1 aromatic heterocycles. The summed E-state index contributed by atoms with van der Waals surface area (Å²) in [5, 5.41) is 14.9. The van der Waals surface area contributed by atoms with Crippen LogP contribution in [0, 0.1) is 16.0 Å². The Morgan fingerprint density at radius 3 is 3.06 bits per heavy atom. The van der Waals surface area contributed by atoms with Gasteiger partial charge in [-0.2, -0.15) is 0 Å². The average molecular weight is 245 g/mol. The van der Waals surface area contributed by atoms with E-state index in [9.17, 15) is 10.1 Å². The Morgan fingerprint density at radius 1 is 1.75 bits per heavy atom. The molecular weight excluding hydrogens is 232 g/mol. The Labute approximate surface area is 97.9 Å². The van der Waals surface area contributed by atoms with Gasteiger partial charge < -0.3 is 15.0 Å². The molecule has 1 aromatic rings. The van der Waals surface area contributed by atoms with E-state index in [1.807, 2.05) is 7.05 Å². The van der Waals surface area contributed by atoms with Crippen LogP contribution in [0.3, 0.4) is 0 Å². The van der Waals surface area contributed by atoms with Crippen LogP contribution in [0.15, 0.2) is 6.07 Å². The van der Waals surface area contributed by atoms with Gasteiger partial charge in [-0.05, 0) is 24.9 Å². The largest absolute Gasteiger partial charge is 0.358 e. The van der Waals surface area contributed by atoms with E-state index < -0.39 is 4.92 Å². The molecule has 1 saturated heterocycles. The SMILES string of the molecule is CN1CC[C@H](Cn2nc(Cl)cc2[N+](=O)[O-])C1. The van der Waals surface area contributed by atoms with Gasteiger partial charge in [0.15, 0.2) is 5.15 Å². The monoisotopic (exact) mass is 244 g/mol. The molecule has 0 aliphatic carbocycles. The number of hydrogen-bond donors (Lipinski definition) is 0. The third kappa shape index (κ3) is 2.33. The molecule has 0 amide bonds. The van der Waals surface area contributed by atoms with Crippen molar-refractivity contribution in [3.63, 3.8) is 0 Å². The van der Waals surface area contributed by atoms with Crippen molar-refractivity contribution in [1.29, 1.82) is 0 Å². The van der Waals surface area contributed by atoms with Gasteiger partial charge in [0, 0.05) is 12.5 Å². The molecule has 0 spiro atoms. The van der Waals surface area contributed by atoms with Crippen LogP contribution in [-0.2, 0) is 6.54 Å². The highest BCUT2D eigenvalue weighted by molar-refractivity contribution is 6.29. The number of nitrogens with zero attached hydrogens (tertiary/aromatic N) is 4. The Balaban J connectivity index is 2.11. The molecule has 0 bridgehead atoms. The summed E-state index contributed by atoms with van der Waals surface area (Å²) in [5.74, 6) is 0.388. The highest BCUT2D eigenvalue weighted by atomic mass is 35.5. The van der Waals surface area contributed by atoms with Crippen molar-refractivity contribution in [2.45, 2.75) is 13.0 Å². The first-order chi connectivity index (χ1) is 7.56. The van der Waals surface area contributed by atoms with E-state index in [0.29, 0.717) is 12.5 Å². The van der Waals surface area contributed by atoms with E-state index in [1.54, 1.807) is 0 Å². The van der Waals surface area contributed by atoms with Gasteiger partial charge in [-0.1, -0.05) is 16.7 Å². The van der Waals surface area contributed by atoms with Crippen LogP contribution in [0.5, 0.6) is 0 Å². The van der Waals surface area contributed by atoms with E-state index in [1.165, 1.54) is 10.7 Å². The van der Waals surface area contributed by atoms with E-state index >= 15 is 0 Å². The first kappa shape index (κ1) is 11.3. The molecule has 1 aliphatic rings. The van der Waals surface area contributed by atoms with Gasteiger partial charge in [-0.15, -0.1) is 4.68 Å². The normalized spacial score (nSPS) is 21.5. The maximum atomic E-state index is 10.7. The molecule has 6 nitrogen and oxygen atoms in total. The standard InChI is InChI=1S/C9H13ClN4O2/c1-12-3-2-7(5-12)6-13-9(14(15)16)4-8(10)11-13/h4,7H,2-3,5-6H2,1H3/t7-/m0/s1. The smallest absolute Gasteiger partial charge is 0.346 e. The van der Waals surface area contributed by atoms with Crippen LogP contribution in [0.2, 0.25) is 5.15 Å². The summed E-state index contributed by atoms with van der Waals surface area (Å²) in [6.45, 7) is 2.55. The molecule has 0 radical (unpaired) electrons. The van der Waals surface area contributed by atoms with E-state index in [4.69, 9.17) is 11.6 Å². The number of nitro groups is 1. The molecule has 1 fully saturated rings. The third-order valence-corrected chi connectivity index (χ3v) is 3.02. The molecule has 16 heavy (non-hydrogen) atoms. The lowest BCUT2D eigenvalue weighted by molar-refractivity contribution is -0.392. The highest BCUT2D eigenvalue weighted by Gasteiger charge is 2.26. The Hall–Kier alpha value is -1.14. The predicted molar refractivity (Wildman–Crippen MR) is 59.5 cm³/mol. The van der Waals surface area contributed by atoms with Gasteiger partial charge >= 0.3 is 5.82 Å². The van der Waals surface area contributed by atoms with Gasteiger partial charge in [-0.25, -0.2) is 0 Å². The maximum absolute atomic E-state index is 10.7. The molecule has 0 unspecified atom stereocenters. The zero-order valence-corrected chi connectivity index (χ0v) is 9.72. The van der Waals surface area contributed by atoms with Crippen LogP contribution in [0.25, 0.3) is 0 Å². The first-order valence-electron chi connectivity index (χ1n) is 5.12. The highest BCUT2D eigenvalue weighted by Crippen LogP contribution is 2.22. The van der Waals surface area contributed by atoms with E-state index in [0.717, 1.165) is 19.5 Å². The van der Waals surface area contributed by atoms with Crippen LogP contribution < -0.4 is 0 Å². The lowest BCUT2D eigenvalue weighted by atomic mass is 10.1. The van der Waals surface area contributed by atoms with Gasteiger partial charge in [0.25, 0.3) is 0 Å². The minimum absolute atomic E-state index is 0.0282. The van der Waals surface area contributed by atoms with Crippen LogP contribution in [0.1, 0.15) is 6.42 Å². The van der Waals surface area contributed by atoms with Crippen molar-refractivity contribution >= 4 is 17.4 Å². The molecule has 0 aromatic carbocycles. The second-order valence-corrected chi connectivity index (χ2v) is 4.57. The number of rotatable bonds is 3. The zero-order valence-electron chi connectivity index (χ0n) is 8.97. The summed E-state index contributed by atoms with van der Waals surface area (Å²) in [4.78, 5) is 12.5. The summed E-state index contributed by atoms with van der Waals surface area (Å²) in [5.41, 5.74) is 0. The predicted octanol–water partition coefficient (Wildman–Crippen LogP) is 1.40. The number of halogens is 1. The van der Waals surface area contributed by atoms with Crippen molar-refractivity contribution in [3.05, 3.63) is 21.3 Å². The maximum Gasteiger partial charge on any atom is 0.346 e. The molecule has 0 saturated carbocycles. The summed E-state index contributed by atoms with van der Waals surface area (Å²) in [7, 11) is 2.05. The number of aromatic nitrogens is 2. The molecule has 2 rings (SSSR count). The number of likely N-dealkylation sites (tertiary alicyclic amines) is 1. The Bertz CT molecular complexity index is 406. The van der Waals surface area contributed by atoms with Crippen molar-refractivity contribution in [2.24, 2.45) is 5.92 Å². The molecule has 2 heterocycles. The Morgan fingerprint density at radius 2 is 2.50 bits per heavy atom. The summed E-state index contributed by atoms with van der Waals surface area (Å²) < 4.78 is 1.40. The van der Waals surface area contributed by atoms with Crippen molar-refractivity contribution in [2.75, 3.05) is 20.1 Å². The zero-order chi connectivity index (χ0) is 11.7. The van der Waals surface area contributed by atoms with Crippen molar-refractivity contribution in [3.8, 4) is 0 Å². The van der Waals surface area contributed by atoms with Crippen molar-refractivity contribution in [1.82, 2.24) is 14.7 Å². The van der Waals surface area contributed by atoms with Crippen LogP contribution in [-0.4, -0.2) is 39.7 Å². The minimum Gasteiger partial charge on any atom is -0.358 e. The molecule has 0 N–H and O–H groups in total.